The maximum absolute atomic E-state index is 5.73. The van der Waals surface area contributed by atoms with E-state index in [1.165, 1.54) is 0 Å². The number of nitrogens with zero attached hydrogens (tertiary/aromatic N) is 5. The van der Waals surface area contributed by atoms with E-state index in [4.69, 9.17) is 4.74 Å². The lowest BCUT2D eigenvalue weighted by atomic mass is 10.2. The molecule has 0 bridgehead atoms. The minimum absolute atomic E-state index is 0.625. The zero-order valence-electron chi connectivity index (χ0n) is 13.5. The second kappa shape index (κ2) is 6.09. The van der Waals surface area contributed by atoms with Gasteiger partial charge in [-0.15, -0.1) is 0 Å². The van der Waals surface area contributed by atoms with Crippen molar-refractivity contribution in [2.75, 3.05) is 6.61 Å². The predicted octanol–water partition coefficient (Wildman–Crippen LogP) is 3.41. The Labute approximate surface area is 143 Å². The van der Waals surface area contributed by atoms with Gasteiger partial charge in [0.1, 0.15) is 16.6 Å². The first-order chi connectivity index (χ1) is 11.7. The number of para-hydroxylation sites is 1. The number of rotatable bonds is 5. The summed E-state index contributed by atoms with van der Waals surface area (Å²) in [4.78, 5) is 10.1. The van der Waals surface area contributed by atoms with Gasteiger partial charge in [-0.05, 0) is 26.0 Å². The number of aryl methyl sites for hydroxylation is 1. The molecule has 0 N–H and O–H groups in total. The first-order valence-electron chi connectivity index (χ1n) is 7.79. The minimum atomic E-state index is 0.625. The highest BCUT2D eigenvalue weighted by Gasteiger charge is 2.13. The maximum Gasteiger partial charge on any atom is 0.212 e. The molecule has 0 spiro atoms. The second-order valence-electron chi connectivity index (χ2n) is 5.39. The molecule has 24 heavy (non-hydrogen) atoms. The number of aromatic nitrogens is 5. The third-order valence-corrected chi connectivity index (χ3v) is 4.51. The number of ether oxygens (including phenoxy) is 1. The highest BCUT2D eigenvalue weighted by Crippen LogP contribution is 2.29. The van der Waals surface area contributed by atoms with Gasteiger partial charge in [-0.3, -0.25) is 0 Å². The van der Waals surface area contributed by atoms with Crippen molar-refractivity contribution in [3.05, 3.63) is 53.6 Å². The Kier molecular flexibility index (Phi) is 3.78. The van der Waals surface area contributed by atoms with E-state index in [1.807, 2.05) is 55.0 Å². The van der Waals surface area contributed by atoms with E-state index < -0.39 is 0 Å². The fraction of sp³-hybridized carbons (Fsp3) is 0.235. The van der Waals surface area contributed by atoms with Crippen molar-refractivity contribution >= 4 is 16.3 Å². The van der Waals surface area contributed by atoms with Crippen molar-refractivity contribution < 1.29 is 4.74 Å². The normalized spacial score (nSPS) is 11.2. The molecule has 4 rings (SSSR count). The minimum Gasteiger partial charge on any atom is -0.493 e. The average molecular weight is 339 g/mol. The van der Waals surface area contributed by atoms with E-state index in [-0.39, 0.29) is 0 Å². The standard InChI is InChI=1S/C17H17N5OS/c1-3-23-15-7-5-4-6-14(15)16-18-8-9-21(16)10-13-11-22-17(19-13)24-12(2)20-22/h4-9,11H,3,10H2,1-2H3. The Hall–Kier alpha value is -2.67. The van der Waals surface area contributed by atoms with Crippen LogP contribution in [-0.2, 0) is 6.54 Å². The van der Waals surface area contributed by atoms with Gasteiger partial charge in [0.2, 0.25) is 4.96 Å². The molecule has 7 heteroatoms. The van der Waals surface area contributed by atoms with E-state index in [9.17, 15) is 0 Å². The third kappa shape index (κ3) is 2.67. The highest BCUT2D eigenvalue weighted by molar-refractivity contribution is 7.16. The van der Waals surface area contributed by atoms with Gasteiger partial charge >= 0.3 is 0 Å². The van der Waals surface area contributed by atoms with Crippen LogP contribution in [0.15, 0.2) is 42.9 Å². The Morgan fingerprint density at radius 1 is 1.25 bits per heavy atom. The Morgan fingerprint density at radius 3 is 2.96 bits per heavy atom. The fourth-order valence-corrected chi connectivity index (χ4v) is 3.45. The SMILES string of the molecule is CCOc1ccccc1-c1nccn1Cc1cn2nc(C)sc2n1. The number of fused-ring (bicyclic) bond motifs is 1. The van der Waals surface area contributed by atoms with Crippen molar-refractivity contribution in [1.82, 2.24) is 24.1 Å². The summed E-state index contributed by atoms with van der Waals surface area (Å²) in [6.45, 7) is 5.23. The topological polar surface area (TPSA) is 57.2 Å². The lowest BCUT2D eigenvalue weighted by Crippen LogP contribution is -2.03. The quantitative estimate of drug-likeness (QED) is 0.559. The molecule has 3 aromatic heterocycles. The van der Waals surface area contributed by atoms with Crippen molar-refractivity contribution in [2.45, 2.75) is 20.4 Å². The Balaban J connectivity index is 1.68. The molecule has 0 unspecified atom stereocenters. The van der Waals surface area contributed by atoms with Crippen LogP contribution in [-0.4, -0.2) is 30.8 Å². The summed E-state index contributed by atoms with van der Waals surface area (Å²) >= 11 is 1.59. The first-order valence-corrected chi connectivity index (χ1v) is 8.61. The number of hydrogen-bond acceptors (Lipinski definition) is 5. The van der Waals surface area contributed by atoms with Crippen LogP contribution in [0.1, 0.15) is 17.6 Å². The number of benzene rings is 1. The molecule has 0 aliphatic carbocycles. The first kappa shape index (κ1) is 14.9. The number of imidazole rings is 2. The fourth-order valence-electron chi connectivity index (χ4n) is 2.71. The largest absolute Gasteiger partial charge is 0.493 e. The van der Waals surface area contributed by atoms with Crippen LogP contribution in [0.5, 0.6) is 5.75 Å². The van der Waals surface area contributed by atoms with Crippen LogP contribution in [0.2, 0.25) is 0 Å². The van der Waals surface area contributed by atoms with Crippen molar-refractivity contribution in [3.63, 3.8) is 0 Å². The molecule has 0 saturated heterocycles. The summed E-state index contributed by atoms with van der Waals surface area (Å²) < 4.78 is 9.65. The van der Waals surface area contributed by atoms with Crippen molar-refractivity contribution in [2.24, 2.45) is 0 Å². The summed E-state index contributed by atoms with van der Waals surface area (Å²) in [5.74, 6) is 1.72. The molecule has 0 atom stereocenters. The van der Waals surface area contributed by atoms with Crippen LogP contribution in [0.3, 0.4) is 0 Å². The monoisotopic (exact) mass is 339 g/mol. The molecular formula is C17H17N5OS. The summed E-state index contributed by atoms with van der Waals surface area (Å²) in [5, 5.41) is 5.42. The van der Waals surface area contributed by atoms with Crippen molar-refractivity contribution in [1.29, 1.82) is 0 Å². The smallest absolute Gasteiger partial charge is 0.212 e. The van der Waals surface area contributed by atoms with Gasteiger partial charge in [-0.2, -0.15) is 5.10 Å². The van der Waals surface area contributed by atoms with E-state index in [0.29, 0.717) is 13.2 Å². The molecule has 4 aromatic rings. The summed E-state index contributed by atoms with van der Waals surface area (Å²) in [6, 6.07) is 7.97. The molecule has 0 aliphatic rings. The Morgan fingerprint density at radius 2 is 2.12 bits per heavy atom. The summed E-state index contributed by atoms with van der Waals surface area (Å²) in [6.07, 6.45) is 5.74. The zero-order chi connectivity index (χ0) is 16.5. The van der Waals surface area contributed by atoms with Crippen LogP contribution < -0.4 is 4.74 Å². The van der Waals surface area contributed by atoms with Crippen LogP contribution in [0.4, 0.5) is 0 Å². The molecular weight excluding hydrogens is 322 g/mol. The van der Waals surface area contributed by atoms with E-state index in [0.717, 1.165) is 32.8 Å². The average Bonchev–Trinajstić information content (AvgIpc) is 3.23. The summed E-state index contributed by atoms with van der Waals surface area (Å²) in [7, 11) is 0. The number of hydrogen-bond donors (Lipinski definition) is 0. The van der Waals surface area contributed by atoms with Gasteiger partial charge in [0.05, 0.1) is 30.6 Å². The lowest BCUT2D eigenvalue weighted by Gasteiger charge is -2.11. The lowest BCUT2D eigenvalue weighted by molar-refractivity contribution is 0.341. The Bertz CT molecular complexity index is 952. The molecule has 122 valence electrons. The van der Waals surface area contributed by atoms with Crippen LogP contribution in [0, 0.1) is 6.92 Å². The zero-order valence-corrected chi connectivity index (χ0v) is 14.3. The van der Waals surface area contributed by atoms with Gasteiger partial charge < -0.3 is 9.30 Å². The van der Waals surface area contributed by atoms with Gasteiger partial charge in [0, 0.05) is 12.4 Å². The molecule has 0 amide bonds. The van der Waals surface area contributed by atoms with Crippen LogP contribution in [0.25, 0.3) is 16.3 Å². The van der Waals surface area contributed by atoms with Gasteiger partial charge in [0.25, 0.3) is 0 Å². The van der Waals surface area contributed by atoms with Crippen molar-refractivity contribution in [3.8, 4) is 17.1 Å². The summed E-state index contributed by atoms with van der Waals surface area (Å²) in [5.41, 5.74) is 1.95. The molecule has 0 saturated carbocycles. The molecule has 6 nitrogen and oxygen atoms in total. The predicted molar refractivity (Wildman–Crippen MR) is 93.5 cm³/mol. The molecule has 0 aliphatic heterocycles. The molecule has 0 fully saturated rings. The molecule has 0 radical (unpaired) electrons. The van der Waals surface area contributed by atoms with Gasteiger partial charge in [-0.25, -0.2) is 14.5 Å². The van der Waals surface area contributed by atoms with Crippen LogP contribution >= 0.6 is 11.3 Å². The highest BCUT2D eigenvalue weighted by atomic mass is 32.1. The van der Waals surface area contributed by atoms with E-state index >= 15 is 0 Å². The second-order valence-corrected chi connectivity index (χ2v) is 6.55. The van der Waals surface area contributed by atoms with Gasteiger partial charge in [0.15, 0.2) is 0 Å². The van der Waals surface area contributed by atoms with E-state index in [2.05, 4.69) is 19.6 Å². The maximum atomic E-state index is 5.73. The van der Waals surface area contributed by atoms with Gasteiger partial charge in [-0.1, -0.05) is 23.5 Å². The van der Waals surface area contributed by atoms with E-state index in [1.54, 1.807) is 17.5 Å². The third-order valence-electron chi connectivity index (χ3n) is 3.67. The molecule has 1 aromatic carbocycles. The molecule has 3 heterocycles.